The summed E-state index contributed by atoms with van der Waals surface area (Å²) in [5.74, 6) is 2.47. The van der Waals surface area contributed by atoms with Gasteiger partial charge < -0.3 is 10.2 Å². The van der Waals surface area contributed by atoms with Gasteiger partial charge in [-0.15, -0.1) is 0 Å². The van der Waals surface area contributed by atoms with Crippen molar-refractivity contribution in [3.8, 4) is 0 Å². The van der Waals surface area contributed by atoms with Crippen LogP contribution in [0.1, 0.15) is 40.0 Å². The highest BCUT2D eigenvalue weighted by atomic mass is 79.9. The predicted molar refractivity (Wildman–Crippen MR) is 109 cm³/mol. The average molecular weight is 423 g/mol. The lowest BCUT2D eigenvalue weighted by molar-refractivity contribution is -0.127. The standard InChI is InChI=1S/C20H31BrN4O/c1-14-5-4-6-18(15(14)2)23-20(26)16(3)24-9-11-25(12-10-24)19-8-7-17(21)13-22-19/h7-8,13-16,18H,4-6,9-12H2,1-3H3,(H,23,26). The molecule has 1 aromatic rings. The van der Waals surface area contributed by atoms with Crippen LogP contribution in [0.25, 0.3) is 0 Å². The summed E-state index contributed by atoms with van der Waals surface area (Å²) in [5.41, 5.74) is 0. The van der Waals surface area contributed by atoms with Crippen molar-refractivity contribution in [2.24, 2.45) is 11.8 Å². The van der Waals surface area contributed by atoms with Crippen LogP contribution in [-0.2, 0) is 4.79 Å². The molecule has 6 heteroatoms. The first-order valence-electron chi connectivity index (χ1n) is 9.86. The van der Waals surface area contributed by atoms with E-state index >= 15 is 0 Å². The van der Waals surface area contributed by atoms with Crippen LogP contribution in [0.15, 0.2) is 22.8 Å². The van der Waals surface area contributed by atoms with E-state index in [0.717, 1.165) is 42.9 Å². The Bertz CT molecular complexity index is 600. The van der Waals surface area contributed by atoms with Crippen molar-refractivity contribution in [2.75, 3.05) is 31.1 Å². The minimum absolute atomic E-state index is 0.0699. The number of pyridine rings is 1. The molecule has 1 aliphatic carbocycles. The normalized spacial score (nSPS) is 28.6. The summed E-state index contributed by atoms with van der Waals surface area (Å²) < 4.78 is 0.997. The number of aromatic nitrogens is 1. The van der Waals surface area contributed by atoms with E-state index in [-0.39, 0.29) is 11.9 Å². The lowest BCUT2D eigenvalue weighted by Gasteiger charge is -2.39. The second kappa shape index (κ2) is 8.70. The third kappa shape index (κ3) is 4.58. The van der Waals surface area contributed by atoms with E-state index in [1.54, 1.807) is 0 Å². The largest absolute Gasteiger partial charge is 0.354 e. The quantitative estimate of drug-likeness (QED) is 0.808. The van der Waals surface area contributed by atoms with E-state index in [0.29, 0.717) is 17.9 Å². The highest BCUT2D eigenvalue weighted by molar-refractivity contribution is 9.10. The van der Waals surface area contributed by atoms with Gasteiger partial charge in [-0.3, -0.25) is 9.69 Å². The second-order valence-electron chi connectivity index (χ2n) is 7.92. The third-order valence-electron chi connectivity index (χ3n) is 6.31. The van der Waals surface area contributed by atoms with Crippen LogP contribution in [-0.4, -0.2) is 54.1 Å². The van der Waals surface area contributed by atoms with Gasteiger partial charge in [-0.25, -0.2) is 4.98 Å². The Kier molecular flexibility index (Phi) is 6.56. The summed E-state index contributed by atoms with van der Waals surface area (Å²) in [5, 5.41) is 3.33. The number of amides is 1. The number of carbonyl (C=O) groups excluding carboxylic acids is 1. The van der Waals surface area contributed by atoms with Crippen molar-refractivity contribution in [2.45, 2.75) is 52.1 Å². The molecule has 0 aromatic carbocycles. The molecule has 0 bridgehead atoms. The van der Waals surface area contributed by atoms with Crippen molar-refractivity contribution in [1.82, 2.24) is 15.2 Å². The zero-order chi connectivity index (χ0) is 18.7. The molecule has 1 N–H and O–H groups in total. The van der Waals surface area contributed by atoms with Gasteiger partial charge >= 0.3 is 0 Å². The van der Waals surface area contributed by atoms with Crippen LogP contribution < -0.4 is 10.2 Å². The molecule has 3 rings (SSSR count). The number of carbonyl (C=O) groups is 1. The van der Waals surface area contributed by atoms with Crippen molar-refractivity contribution >= 4 is 27.7 Å². The Morgan fingerprint density at radius 2 is 1.96 bits per heavy atom. The number of anilines is 1. The maximum atomic E-state index is 12.8. The molecular formula is C20H31BrN4O. The van der Waals surface area contributed by atoms with E-state index in [1.807, 2.05) is 25.3 Å². The minimum Gasteiger partial charge on any atom is -0.354 e. The van der Waals surface area contributed by atoms with Gasteiger partial charge in [-0.2, -0.15) is 0 Å². The summed E-state index contributed by atoms with van der Waals surface area (Å²) in [6, 6.07) is 4.33. The van der Waals surface area contributed by atoms with E-state index < -0.39 is 0 Å². The van der Waals surface area contributed by atoms with Gasteiger partial charge in [-0.1, -0.05) is 26.7 Å². The molecule has 26 heavy (non-hydrogen) atoms. The van der Waals surface area contributed by atoms with Crippen LogP contribution in [0.3, 0.4) is 0 Å². The summed E-state index contributed by atoms with van der Waals surface area (Å²) in [4.78, 5) is 21.8. The number of hydrogen-bond acceptors (Lipinski definition) is 4. The fraction of sp³-hybridized carbons (Fsp3) is 0.700. The Labute approximate surface area is 165 Å². The summed E-state index contributed by atoms with van der Waals surface area (Å²) in [7, 11) is 0. The van der Waals surface area contributed by atoms with Gasteiger partial charge in [0.05, 0.1) is 6.04 Å². The summed E-state index contributed by atoms with van der Waals surface area (Å²) in [6.45, 7) is 10.2. The summed E-state index contributed by atoms with van der Waals surface area (Å²) >= 11 is 3.43. The highest BCUT2D eigenvalue weighted by Crippen LogP contribution is 2.29. The molecule has 4 unspecified atom stereocenters. The minimum atomic E-state index is -0.0699. The predicted octanol–water partition coefficient (Wildman–Crippen LogP) is 3.30. The Morgan fingerprint density at radius 1 is 1.23 bits per heavy atom. The number of piperazine rings is 1. The maximum absolute atomic E-state index is 12.8. The Hall–Kier alpha value is -1.14. The molecular weight excluding hydrogens is 392 g/mol. The third-order valence-corrected chi connectivity index (χ3v) is 6.78. The zero-order valence-corrected chi connectivity index (χ0v) is 17.7. The van der Waals surface area contributed by atoms with Gasteiger partial charge in [0.2, 0.25) is 5.91 Å². The van der Waals surface area contributed by atoms with E-state index in [1.165, 1.54) is 12.8 Å². The Morgan fingerprint density at radius 3 is 2.62 bits per heavy atom. The number of rotatable bonds is 4. The SMILES string of the molecule is CC1CCCC(NC(=O)C(C)N2CCN(c3ccc(Br)cn3)CC2)C1C. The van der Waals surface area contributed by atoms with Gasteiger partial charge in [0.25, 0.3) is 0 Å². The molecule has 5 nitrogen and oxygen atoms in total. The molecule has 1 amide bonds. The molecule has 0 radical (unpaired) electrons. The van der Waals surface area contributed by atoms with E-state index in [2.05, 4.69) is 49.9 Å². The second-order valence-corrected chi connectivity index (χ2v) is 8.83. The molecule has 144 valence electrons. The van der Waals surface area contributed by atoms with Crippen LogP contribution in [0.2, 0.25) is 0 Å². The highest BCUT2D eigenvalue weighted by Gasteiger charge is 2.31. The van der Waals surface area contributed by atoms with Gasteiger partial charge in [0.1, 0.15) is 5.82 Å². The number of halogens is 1. The van der Waals surface area contributed by atoms with Crippen LogP contribution >= 0.6 is 15.9 Å². The topological polar surface area (TPSA) is 48.5 Å². The Balaban J connectivity index is 1.50. The number of nitrogens with zero attached hydrogens (tertiary/aromatic N) is 3. The smallest absolute Gasteiger partial charge is 0.237 e. The molecule has 1 saturated heterocycles. The fourth-order valence-electron chi connectivity index (χ4n) is 4.15. The van der Waals surface area contributed by atoms with Crippen LogP contribution in [0.5, 0.6) is 0 Å². The average Bonchev–Trinajstić information content (AvgIpc) is 2.65. The summed E-state index contributed by atoms with van der Waals surface area (Å²) in [6.07, 6.45) is 5.47. The molecule has 1 saturated carbocycles. The fourth-order valence-corrected chi connectivity index (χ4v) is 4.38. The molecule has 2 aliphatic rings. The molecule has 1 aliphatic heterocycles. The van der Waals surface area contributed by atoms with Crippen LogP contribution in [0.4, 0.5) is 5.82 Å². The molecule has 1 aromatic heterocycles. The lowest BCUT2D eigenvalue weighted by Crippen LogP contribution is -2.56. The van der Waals surface area contributed by atoms with E-state index in [4.69, 9.17) is 0 Å². The molecule has 2 fully saturated rings. The lowest BCUT2D eigenvalue weighted by atomic mass is 9.78. The first-order chi connectivity index (χ1) is 12.5. The maximum Gasteiger partial charge on any atom is 0.237 e. The van der Waals surface area contributed by atoms with Crippen molar-refractivity contribution in [1.29, 1.82) is 0 Å². The van der Waals surface area contributed by atoms with Crippen molar-refractivity contribution in [3.63, 3.8) is 0 Å². The van der Waals surface area contributed by atoms with Crippen molar-refractivity contribution < 1.29 is 4.79 Å². The van der Waals surface area contributed by atoms with E-state index in [9.17, 15) is 4.79 Å². The van der Waals surface area contributed by atoms with Gasteiger partial charge in [0, 0.05) is 42.9 Å². The molecule has 0 spiro atoms. The first kappa shape index (κ1) is 19.6. The molecule has 4 atom stereocenters. The van der Waals surface area contributed by atoms with Gasteiger partial charge in [0.15, 0.2) is 0 Å². The number of nitrogens with one attached hydrogen (secondary N) is 1. The van der Waals surface area contributed by atoms with Crippen molar-refractivity contribution in [3.05, 3.63) is 22.8 Å². The zero-order valence-electron chi connectivity index (χ0n) is 16.1. The monoisotopic (exact) mass is 422 g/mol. The number of hydrogen-bond donors (Lipinski definition) is 1. The molecule has 2 heterocycles. The first-order valence-corrected chi connectivity index (χ1v) is 10.7. The van der Waals surface area contributed by atoms with Gasteiger partial charge in [-0.05, 0) is 53.2 Å². The van der Waals surface area contributed by atoms with Crippen LogP contribution in [0, 0.1) is 11.8 Å².